The second-order valence-corrected chi connectivity index (χ2v) is 4.90. The van der Waals surface area contributed by atoms with Gasteiger partial charge in [-0.1, -0.05) is 42.5 Å². The minimum absolute atomic E-state index is 0.0611. The van der Waals surface area contributed by atoms with Gasteiger partial charge in [0.2, 0.25) is 12.3 Å². The predicted molar refractivity (Wildman–Crippen MR) is 77.8 cm³/mol. The normalized spacial score (nSPS) is 12.3. The van der Waals surface area contributed by atoms with Gasteiger partial charge in [0.25, 0.3) is 0 Å². The first kappa shape index (κ1) is 15.9. The topological polar surface area (TPSA) is 66.4 Å². The molecule has 0 aliphatic carbocycles. The van der Waals surface area contributed by atoms with Crippen molar-refractivity contribution in [3.8, 4) is 0 Å². The quantitative estimate of drug-likeness (QED) is 0.862. The molecule has 0 saturated carbocycles. The molecule has 0 fully saturated rings. The van der Waals surface area contributed by atoms with E-state index in [0.717, 1.165) is 16.3 Å². The first-order valence-electron chi connectivity index (χ1n) is 6.74. The Hall–Kier alpha value is -2.50. The van der Waals surface area contributed by atoms with Gasteiger partial charge in [-0.05, 0) is 16.3 Å². The van der Waals surface area contributed by atoms with Crippen molar-refractivity contribution in [2.75, 3.05) is 0 Å². The number of hydrogen-bond acceptors (Lipinski definition) is 2. The van der Waals surface area contributed by atoms with Crippen LogP contribution in [-0.2, 0) is 16.0 Å². The van der Waals surface area contributed by atoms with Crippen LogP contribution in [0.5, 0.6) is 0 Å². The number of fused-ring (bicyclic) bond motifs is 1. The van der Waals surface area contributed by atoms with Crippen LogP contribution in [0, 0.1) is 0 Å². The van der Waals surface area contributed by atoms with Gasteiger partial charge in [-0.2, -0.15) is 0 Å². The molecule has 1 atom stereocenters. The maximum Gasteiger partial charge on any atom is 0.326 e. The first-order valence-corrected chi connectivity index (χ1v) is 6.74. The number of halogens is 2. The van der Waals surface area contributed by atoms with Crippen LogP contribution in [0.15, 0.2) is 42.5 Å². The number of benzene rings is 2. The highest BCUT2D eigenvalue weighted by Gasteiger charge is 2.24. The van der Waals surface area contributed by atoms with Gasteiger partial charge in [-0.15, -0.1) is 0 Å². The SMILES string of the molecule is O=C(Cc1cccc2ccccc12)NC(CC(F)F)C(=O)O. The monoisotopic (exact) mass is 307 g/mol. The van der Waals surface area contributed by atoms with Crippen LogP contribution >= 0.6 is 0 Å². The smallest absolute Gasteiger partial charge is 0.326 e. The van der Waals surface area contributed by atoms with Crippen molar-refractivity contribution >= 4 is 22.6 Å². The molecule has 4 nitrogen and oxygen atoms in total. The summed E-state index contributed by atoms with van der Waals surface area (Å²) < 4.78 is 24.6. The molecule has 0 aromatic heterocycles. The van der Waals surface area contributed by atoms with E-state index in [-0.39, 0.29) is 6.42 Å². The maximum absolute atomic E-state index is 12.3. The summed E-state index contributed by atoms with van der Waals surface area (Å²) in [5.74, 6) is -2.06. The molecule has 2 rings (SSSR count). The van der Waals surface area contributed by atoms with E-state index in [1.807, 2.05) is 30.3 Å². The molecule has 2 N–H and O–H groups in total. The number of carboxylic acid groups (broad SMARTS) is 1. The van der Waals surface area contributed by atoms with Crippen molar-refractivity contribution in [1.82, 2.24) is 5.32 Å². The molecular formula is C16H15F2NO3. The average molecular weight is 307 g/mol. The zero-order chi connectivity index (χ0) is 16.1. The summed E-state index contributed by atoms with van der Waals surface area (Å²) in [5.41, 5.74) is 0.719. The van der Waals surface area contributed by atoms with Crippen LogP contribution in [0.1, 0.15) is 12.0 Å². The molecule has 0 saturated heterocycles. The molecule has 0 aliphatic rings. The first-order chi connectivity index (χ1) is 10.5. The molecule has 0 spiro atoms. The molecule has 0 radical (unpaired) electrons. The fourth-order valence-corrected chi connectivity index (χ4v) is 2.26. The number of carbonyl (C=O) groups is 2. The number of carbonyl (C=O) groups excluding carboxylic acids is 1. The standard InChI is InChI=1S/C16H15F2NO3/c17-14(18)9-13(16(21)22)19-15(20)8-11-6-3-5-10-4-1-2-7-12(10)11/h1-7,13-14H,8-9H2,(H,19,20)(H,21,22). The second-order valence-electron chi connectivity index (χ2n) is 4.90. The molecular weight excluding hydrogens is 292 g/mol. The van der Waals surface area contributed by atoms with Crippen LogP contribution in [-0.4, -0.2) is 29.5 Å². The Bertz CT molecular complexity index is 683. The lowest BCUT2D eigenvalue weighted by atomic mass is 10.0. The predicted octanol–water partition coefficient (Wildman–Crippen LogP) is 2.61. The Morgan fingerprint density at radius 3 is 2.45 bits per heavy atom. The summed E-state index contributed by atoms with van der Waals surface area (Å²) in [4.78, 5) is 22.8. The molecule has 1 amide bonds. The minimum Gasteiger partial charge on any atom is -0.480 e. The molecule has 2 aromatic carbocycles. The fraction of sp³-hybridized carbons (Fsp3) is 0.250. The Morgan fingerprint density at radius 2 is 1.77 bits per heavy atom. The fourth-order valence-electron chi connectivity index (χ4n) is 2.26. The van der Waals surface area contributed by atoms with E-state index in [0.29, 0.717) is 0 Å². The molecule has 22 heavy (non-hydrogen) atoms. The van der Waals surface area contributed by atoms with Gasteiger partial charge in [0.05, 0.1) is 6.42 Å². The van der Waals surface area contributed by atoms with Crippen LogP contribution in [0.4, 0.5) is 8.78 Å². The minimum atomic E-state index is -2.79. The highest BCUT2D eigenvalue weighted by Crippen LogP contribution is 2.19. The Labute approximate surface area is 125 Å². The molecule has 0 bridgehead atoms. The van der Waals surface area contributed by atoms with E-state index in [9.17, 15) is 18.4 Å². The zero-order valence-corrected chi connectivity index (χ0v) is 11.6. The molecule has 2 aromatic rings. The van der Waals surface area contributed by atoms with Gasteiger partial charge >= 0.3 is 5.97 Å². The van der Waals surface area contributed by atoms with Crippen molar-refractivity contribution in [2.45, 2.75) is 25.3 Å². The van der Waals surface area contributed by atoms with Gasteiger partial charge in [0, 0.05) is 6.42 Å². The van der Waals surface area contributed by atoms with Gasteiger partial charge in [0.1, 0.15) is 6.04 Å². The molecule has 0 heterocycles. The van der Waals surface area contributed by atoms with Crippen LogP contribution < -0.4 is 5.32 Å². The highest BCUT2D eigenvalue weighted by atomic mass is 19.3. The number of rotatable bonds is 6. The van der Waals surface area contributed by atoms with E-state index in [1.54, 1.807) is 12.1 Å². The number of amides is 1. The van der Waals surface area contributed by atoms with Gasteiger partial charge in [-0.25, -0.2) is 13.6 Å². The summed E-state index contributed by atoms with van der Waals surface area (Å²) in [5, 5.41) is 12.8. The second kappa shape index (κ2) is 6.98. The summed E-state index contributed by atoms with van der Waals surface area (Å²) >= 11 is 0. The maximum atomic E-state index is 12.3. The van der Waals surface area contributed by atoms with Crippen LogP contribution in [0.3, 0.4) is 0 Å². The molecule has 116 valence electrons. The Balaban J connectivity index is 2.12. The van der Waals surface area contributed by atoms with Crippen LogP contribution in [0.2, 0.25) is 0 Å². The molecule has 1 unspecified atom stereocenters. The summed E-state index contributed by atoms with van der Waals surface area (Å²) in [6, 6.07) is 11.3. The highest BCUT2D eigenvalue weighted by molar-refractivity contribution is 5.91. The Morgan fingerprint density at radius 1 is 1.09 bits per heavy atom. The largest absolute Gasteiger partial charge is 0.480 e. The van der Waals surface area contributed by atoms with E-state index in [4.69, 9.17) is 5.11 Å². The number of nitrogens with one attached hydrogen (secondary N) is 1. The Kier molecular flexibility index (Phi) is 5.04. The van der Waals surface area contributed by atoms with Crippen molar-refractivity contribution in [3.05, 3.63) is 48.0 Å². The third kappa shape index (κ3) is 4.00. The zero-order valence-electron chi connectivity index (χ0n) is 11.6. The number of carboxylic acids is 1. The summed E-state index contributed by atoms with van der Waals surface area (Å²) in [6.45, 7) is 0. The summed E-state index contributed by atoms with van der Waals surface area (Å²) in [6.07, 6.45) is -3.76. The number of aliphatic carboxylic acids is 1. The van der Waals surface area contributed by atoms with Crippen molar-refractivity contribution < 1.29 is 23.5 Å². The molecule has 0 aliphatic heterocycles. The third-order valence-electron chi connectivity index (χ3n) is 3.28. The molecule has 6 heteroatoms. The summed E-state index contributed by atoms with van der Waals surface area (Å²) in [7, 11) is 0. The van der Waals surface area contributed by atoms with Gasteiger partial charge in [0.15, 0.2) is 0 Å². The average Bonchev–Trinajstić information content (AvgIpc) is 2.46. The van der Waals surface area contributed by atoms with E-state index in [2.05, 4.69) is 5.32 Å². The van der Waals surface area contributed by atoms with Crippen LogP contribution in [0.25, 0.3) is 10.8 Å². The van der Waals surface area contributed by atoms with Gasteiger partial charge < -0.3 is 10.4 Å². The van der Waals surface area contributed by atoms with E-state index in [1.165, 1.54) is 0 Å². The van der Waals surface area contributed by atoms with E-state index < -0.39 is 30.8 Å². The lowest BCUT2D eigenvalue weighted by Crippen LogP contribution is -2.42. The lowest BCUT2D eigenvalue weighted by Gasteiger charge is -2.14. The van der Waals surface area contributed by atoms with Gasteiger partial charge in [-0.3, -0.25) is 4.79 Å². The van der Waals surface area contributed by atoms with E-state index >= 15 is 0 Å². The number of hydrogen-bond donors (Lipinski definition) is 2. The lowest BCUT2D eigenvalue weighted by molar-refractivity contribution is -0.142. The van der Waals surface area contributed by atoms with Crippen molar-refractivity contribution in [1.29, 1.82) is 0 Å². The third-order valence-corrected chi connectivity index (χ3v) is 3.28. The number of alkyl halides is 2. The van der Waals surface area contributed by atoms with Crippen molar-refractivity contribution in [3.63, 3.8) is 0 Å². The van der Waals surface area contributed by atoms with Crippen molar-refractivity contribution in [2.24, 2.45) is 0 Å².